The monoisotopic (exact) mass is 222 g/mol. The zero-order valence-electron chi connectivity index (χ0n) is 9.75. The van der Waals surface area contributed by atoms with E-state index in [1.807, 2.05) is 6.07 Å². The molecule has 1 atom stereocenters. The Labute approximate surface area is 96.2 Å². The highest BCUT2D eigenvalue weighted by atomic mass is 19.1. The van der Waals surface area contributed by atoms with Crippen molar-refractivity contribution >= 4 is 5.69 Å². The van der Waals surface area contributed by atoms with Gasteiger partial charge >= 0.3 is 0 Å². The first-order chi connectivity index (χ1) is 7.63. The maximum atomic E-state index is 13.2. The zero-order chi connectivity index (χ0) is 11.5. The molecule has 3 heteroatoms. The Morgan fingerprint density at radius 2 is 2.25 bits per heavy atom. The number of benzene rings is 1. The van der Waals surface area contributed by atoms with E-state index < -0.39 is 0 Å². The van der Waals surface area contributed by atoms with Crippen LogP contribution in [0.3, 0.4) is 0 Å². The van der Waals surface area contributed by atoms with Gasteiger partial charge in [0.2, 0.25) is 0 Å². The lowest BCUT2D eigenvalue weighted by Crippen LogP contribution is -2.33. The third-order valence-corrected chi connectivity index (χ3v) is 3.13. The van der Waals surface area contributed by atoms with Crippen molar-refractivity contribution in [1.82, 2.24) is 4.90 Å². The average Bonchev–Trinajstić information content (AvgIpc) is 2.15. The summed E-state index contributed by atoms with van der Waals surface area (Å²) in [5.41, 5.74) is 7.13. The van der Waals surface area contributed by atoms with E-state index in [0.717, 1.165) is 31.1 Å². The van der Waals surface area contributed by atoms with Gasteiger partial charge in [-0.15, -0.1) is 0 Å². The number of likely N-dealkylation sites (tertiary alicyclic amines) is 1. The molecule has 1 aromatic rings. The number of hydrogen-bond donors (Lipinski definition) is 1. The molecule has 0 spiro atoms. The fraction of sp³-hybridized carbons (Fsp3) is 0.538. The maximum absolute atomic E-state index is 13.2. The number of nitrogens with zero attached hydrogens (tertiary/aromatic N) is 1. The summed E-state index contributed by atoms with van der Waals surface area (Å²) >= 11 is 0. The SMILES string of the molecule is CC1CCCN(Cc2cc(N)cc(F)c2)C1. The highest BCUT2D eigenvalue weighted by Crippen LogP contribution is 2.19. The molecule has 1 saturated heterocycles. The predicted octanol–water partition coefficient (Wildman–Crippen LogP) is 2.64. The fourth-order valence-electron chi connectivity index (χ4n) is 2.46. The number of nitrogens with two attached hydrogens (primary N) is 1. The molecule has 1 aliphatic rings. The van der Waals surface area contributed by atoms with E-state index in [2.05, 4.69) is 11.8 Å². The van der Waals surface area contributed by atoms with Crippen molar-refractivity contribution < 1.29 is 4.39 Å². The smallest absolute Gasteiger partial charge is 0.125 e. The van der Waals surface area contributed by atoms with Gasteiger partial charge in [-0.25, -0.2) is 4.39 Å². The van der Waals surface area contributed by atoms with Gasteiger partial charge in [-0.2, -0.15) is 0 Å². The Morgan fingerprint density at radius 1 is 1.44 bits per heavy atom. The number of rotatable bonds is 2. The first kappa shape index (κ1) is 11.4. The first-order valence-electron chi connectivity index (χ1n) is 5.91. The van der Waals surface area contributed by atoms with Crippen molar-refractivity contribution in [1.29, 1.82) is 0 Å². The molecule has 1 unspecified atom stereocenters. The molecule has 0 aromatic heterocycles. The van der Waals surface area contributed by atoms with Crippen LogP contribution in [0.1, 0.15) is 25.3 Å². The van der Waals surface area contributed by atoms with Crippen LogP contribution in [0.5, 0.6) is 0 Å². The second kappa shape index (κ2) is 4.83. The summed E-state index contributed by atoms with van der Waals surface area (Å²) in [5.74, 6) is 0.514. The summed E-state index contributed by atoms with van der Waals surface area (Å²) in [7, 11) is 0. The normalized spacial score (nSPS) is 22.2. The highest BCUT2D eigenvalue weighted by molar-refractivity contribution is 5.41. The van der Waals surface area contributed by atoms with Crippen molar-refractivity contribution in [3.05, 3.63) is 29.6 Å². The predicted molar refractivity (Wildman–Crippen MR) is 64.5 cm³/mol. The number of hydrogen-bond acceptors (Lipinski definition) is 2. The van der Waals surface area contributed by atoms with Gasteiger partial charge in [0.1, 0.15) is 5.82 Å². The summed E-state index contributed by atoms with van der Waals surface area (Å²) in [6.45, 7) is 5.30. The Kier molecular flexibility index (Phi) is 3.44. The molecule has 0 aliphatic carbocycles. The van der Waals surface area contributed by atoms with Crippen LogP contribution in [0, 0.1) is 11.7 Å². The molecule has 1 fully saturated rings. The third kappa shape index (κ3) is 2.95. The molecule has 2 rings (SSSR count). The largest absolute Gasteiger partial charge is 0.399 e. The first-order valence-corrected chi connectivity index (χ1v) is 5.91. The molecule has 0 saturated carbocycles. The molecule has 1 aromatic carbocycles. The van der Waals surface area contributed by atoms with Crippen LogP contribution < -0.4 is 5.73 Å². The lowest BCUT2D eigenvalue weighted by atomic mass is 10.00. The van der Waals surface area contributed by atoms with Crippen LogP contribution in [0.2, 0.25) is 0 Å². The summed E-state index contributed by atoms with van der Waals surface area (Å²) in [5, 5.41) is 0. The van der Waals surface area contributed by atoms with Crippen molar-refractivity contribution in [2.75, 3.05) is 18.8 Å². The van der Waals surface area contributed by atoms with E-state index in [4.69, 9.17) is 5.73 Å². The van der Waals surface area contributed by atoms with Crippen molar-refractivity contribution in [3.63, 3.8) is 0 Å². The fourth-order valence-corrected chi connectivity index (χ4v) is 2.46. The third-order valence-electron chi connectivity index (χ3n) is 3.13. The second-order valence-corrected chi connectivity index (χ2v) is 4.88. The van der Waals surface area contributed by atoms with Gasteiger partial charge in [0.15, 0.2) is 0 Å². The zero-order valence-corrected chi connectivity index (χ0v) is 9.75. The maximum Gasteiger partial charge on any atom is 0.125 e. The molecule has 0 radical (unpaired) electrons. The molecule has 2 N–H and O–H groups in total. The Bertz CT molecular complexity index is 345. The van der Waals surface area contributed by atoms with Gasteiger partial charge in [-0.05, 0) is 49.1 Å². The molecule has 0 amide bonds. The summed E-state index contributed by atoms with van der Waals surface area (Å²) in [6, 6.07) is 4.81. The van der Waals surface area contributed by atoms with Gasteiger partial charge in [0.25, 0.3) is 0 Å². The van der Waals surface area contributed by atoms with Gasteiger partial charge in [0, 0.05) is 18.8 Å². The summed E-state index contributed by atoms with van der Waals surface area (Å²) in [6.07, 6.45) is 2.55. The van der Waals surface area contributed by atoms with E-state index >= 15 is 0 Å². The van der Waals surface area contributed by atoms with Crippen LogP contribution in [-0.4, -0.2) is 18.0 Å². The van der Waals surface area contributed by atoms with Gasteiger partial charge < -0.3 is 5.73 Å². The number of nitrogen functional groups attached to an aromatic ring is 1. The number of piperidine rings is 1. The molecular weight excluding hydrogens is 203 g/mol. The number of halogens is 1. The standard InChI is InChI=1S/C13H19FN2/c1-10-3-2-4-16(8-10)9-11-5-12(14)7-13(15)6-11/h5-7,10H,2-4,8-9,15H2,1H3. The summed E-state index contributed by atoms with van der Waals surface area (Å²) < 4.78 is 13.2. The Balaban J connectivity index is 2.02. The minimum atomic E-state index is -0.236. The van der Waals surface area contributed by atoms with E-state index in [0.29, 0.717) is 5.69 Å². The molecule has 16 heavy (non-hydrogen) atoms. The molecule has 1 aliphatic heterocycles. The molecular formula is C13H19FN2. The van der Waals surface area contributed by atoms with Gasteiger partial charge in [-0.1, -0.05) is 6.92 Å². The van der Waals surface area contributed by atoms with E-state index in [1.54, 1.807) is 6.07 Å². The highest BCUT2D eigenvalue weighted by Gasteiger charge is 2.16. The topological polar surface area (TPSA) is 29.3 Å². The van der Waals surface area contributed by atoms with Crippen LogP contribution in [0.15, 0.2) is 18.2 Å². The number of anilines is 1. The Morgan fingerprint density at radius 3 is 2.94 bits per heavy atom. The average molecular weight is 222 g/mol. The van der Waals surface area contributed by atoms with Gasteiger partial charge in [0.05, 0.1) is 0 Å². The van der Waals surface area contributed by atoms with Crippen LogP contribution in [0.25, 0.3) is 0 Å². The lowest BCUT2D eigenvalue weighted by molar-refractivity contribution is 0.176. The van der Waals surface area contributed by atoms with E-state index in [-0.39, 0.29) is 5.82 Å². The minimum absolute atomic E-state index is 0.236. The van der Waals surface area contributed by atoms with Crippen LogP contribution >= 0.6 is 0 Å². The Hall–Kier alpha value is -1.09. The van der Waals surface area contributed by atoms with Crippen LogP contribution in [-0.2, 0) is 6.54 Å². The molecule has 2 nitrogen and oxygen atoms in total. The molecule has 88 valence electrons. The van der Waals surface area contributed by atoms with E-state index in [1.165, 1.54) is 18.9 Å². The lowest BCUT2D eigenvalue weighted by Gasteiger charge is -2.30. The second-order valence-electron chi connectivity index (χ2n) is 4.88. The molecule has 1 heterocycles. The summed E-state index contributed by atoms with van der Waals surface area (Å²) in [4.78, 5) is 2.38. The molecule has 0 bridgehead atoms. The van der Waals surface area contributed by atoms with Crippen molar-refractivity contribution in [2.45, 2.75) is 26.3 Å². The van der Waals surface area contributed by atoms with Crippen molar-refractivity contribution in [3.8, 4) is 0 Å². The van der Waals surface area contributed by atoms with Crippen LogP contribution in [0.4, 0.5) is 10.1 Å². The van der Waals surface area contributed by atoms with E-state index in [9.17, 15) is 4.39 Å². The quantitative estimate of drug-likeness (QED) is 0.779. The van der Waals surface area contributed by atoms with Crippen molar-refractivity contribution in [2.24, 2.45) is 5.92 Å². The van der Waals surface area contributed by atoms with Gasteiger partial charge in [-0.3, -0.25) is 4.90 Å². The minimum Gasteiger partial charge on any atom is -0.399 e.